The maximum absolute atomic E-state index is 13.1. The summed E-state index contributed by atoms with van der Waals surface area (Å²) in [7, 11) is 1.47. The monoisotopic (exact) mass is 339 g/mol. The Balaban J connectivity index is 2.00. The van der Waals surface area contributed by atoms with Gasteiger partial charge in [-0.2, -0.15) is 13.2 Å². The molecule has 0 unspecified atom stereocenters. The molecule has 1 atom stereocenters. The lowest BCUT2D eigenvalue weighted by atomic mass is 9.90. The number of hydrogen-bond acceptors (Lipinski definition) is 4. The molecule has 3 rings (SSSR count). The molecule has 0 saturated heterocycles. The Morgan fingerprint density at radius 1 is 1.46 bits per heavy atom. The lowest BCUT2D eigenvalue weighted by molar-refractivity contribution is -0.145. The molecule has 2 heterocycles. The highest BCUT2D eigenvalue weighted by molar-refractivity contribution is 5.92. The summed E-state index contributed by atoms with van der Waals surface area (Å²) in [4.78, 5) is 17.8. The predicted octanol–water partition coefficient (Wildman–Crippen LogP) is 2.29. The average Bonchev–Trinajstić information content (AvgIpc) is 2.97. The number of rotatable bonds is 3. The van der Waals surface area contributed by atoms with Crippen LogP contribution in [0.2, 0.25) is 0 Å². The fourth-order valence-electron chi connectivity index (χ4n) is 3.04. The molecular weight excluding hydrogens is 323 g/mol. The van der Waals surface area contributed by atoms with Crippen molar-refractivity contribution in [2.24, 2.45) is 7.05 Å². The zero-order valence-electron chi connectivity index (χ0n) is 13.0. The van der Waals surface area contributed by atoms with E-state index in [1.165, 1.54) is 17.9 Å². The molecule has 24 heavy (non-hydrogen) atoms. The van der Waals surface area contributed by atoms with Crippen LogP contribution in [0.25, 0.3) is 0 Å². The standard InChI is InChI=1S/C15H16F3N5O/c1-22-12(8-20-21-22)14(24)23(9-15(16,17)18)11-6-2-4-10-5-3-7-19-13(10)11/h3,5,7-8,11H,2,4,6,9H2,1H3/t11-/m1/s1. The van der Waals surface area contributed by atoms with E-state index in [4.69, 9.17) is 0 Å². The van der Waals surface area contributed by atoms with E-state index in [1.54, 1.807) is 12.3 Å². The average molecular weight is 339 g/mol. The van der Waals surface area contributed by atoms with Crippen molar-refractivity contribution in [1.82, 2.24) is 24.9 Å². The summed E-state index contributed by atoms with van der Waals surface area (Å²) in [6.07, 6.45) is 0.105. The van der Waals surface area contributed by atoms with E-state index in [1.807, 2.05) is 6.07 Å². The molecule has 0 radical (unpaired) electrons. The van der Waals surface area contributed by atoms with Crippen molar-refractivity contribution in [2.75, 3.05) is 6.54 Å². The number of carbonyl (C=O) groups is 1. The van der Waals surface area contributed by atoms with Gasteiger partial charge < -0.3 is 4.90 Å². The number of nitrogens with zero attached hydrogens (tertiary/aromatic N) is 5. The van der Waals surface area contributed by atoms with Gasteiger partial charge in [0.2, 0.25) is 0 Å². The first-order valence-corrected chi connectivity index (χ1v) is 7.53. The van der Waals surface area contributed by atoms with Crippen molar-refractivity contribution < 1.29 is 18.0 Å². The Morgan fingerprint density at radius 2 is 2.25 bits per heavy atom. The van der Waals surface area contributed by atoms with E-state index >= 15 is 0 Å². The summed E-state index contributed by atoms with van der Waals surface area (Å²) in [6.45, 7) is -1.34. The summed E-state index contributed by atoms with van der Waals surface area (Å²) in [6, 6.07) is 2.89. The zero-order chi connectivity index (χ0) is 17.3. The maximum Gasteiger partial charge on any atom is 0.406 e. The smallest absolute Gasteiger partial charge is 0.320 e. The molecule has 2 aromatic heterocycles. The van der Waals surface area contributed by atoms with Crippen LogP contribution < -0.4 is 0 Å². The van der Waals surface area contributed by atoms with Crippen molar-refractivity contribution >= 4 is 5.91 Å². The minimum absolute atomic E-state index is 0.0160. The highest BCUT2D eigenvalue weighted by Gasteiger charge is 2.40. The molecular formula is C15H16F3N5O. The minimum Gasteiger partial charge on any atom is -0.320 e. The van der Waals surface area contributed by atoms with E-state index in [0.29, 0.717) is 18.5 Å². The van der Waals surface area contributed by atoms with Gasteiger partial charge in [0.1, 0.15) is 12.2 Å². The Bertz CT molecular complexity index is 743. The van der Waals surface area contributed by atoms with Crippen LogP contribution in [0.3, 0.4) is 0 Å². The molecule has 0 aliphatic heterocycles. The van der Waals surface area contributed by atoms with Crippen LogP contribution in [-0.4, -0.2) is 43.5 Å². The van der Waals surface area contributed by atoms with E-state index in [9.17, 15) is 18.0 Å². The lowest BCUT2D eigenvalue weighted by Crippen LogP contribution is -2.43. The molecule has 2 aromatic rings. The second-order valence-electron chi connectivity index (χ2n) is 5.75. The fraction of sp³-hybridized carbons (Fsp3) is 0.467. The molecule has 128 valence electrons. The number of pyridine rings is 1. The lowest BCUT2D eigenvalue weighted by Gasteiger charge is -2.35. The van der Waals surface area contributed by atoms with Crippen LogP contribution in [0.1, 0.15) is 40.6 Å². The van der Waals surface area contributed by atoms with Crippen molar-refractivity contribution in [3.05, 3.63) is 41.5 Å². The Labute approximate surface area is 136 Å². The quantitative estimate of drug-likeness (QED) is 0.861. The van der Waals surface area contributed by atoms with Gasteiger partial charge in [0.05, 0.1) is 17.9 Å². The third-order valence-corrected chi connectivity index (χ3v) is 4.09. The normalized spacial score (nSPS) is 17.4. The van der Waals surface area contributed by atoms with Crippen molar-refractivity contribution in [3.8, 4) is 0 Å². The largest absolute Gasteiger partial charge is 0.406 e. The number of alkyl halides is 3. The highest BCUT2D eigenvalue weighted by atomic mass is 19.4. The van der Waals surface area contributed by atoms with Crippen LogP contribution in [-0.2, 0) is 13.5 Å². The molecule has 1 aliphatic carbocycles. The third kappa shape index (κ3) is 3.24. The van der Waals surface area contributed by atoms with E-state index < -0.39 is 24.7 Å². The van der Waals surface area contributed by atoms with Gasteiger partial charge in [-0.1, -0.05) is 11.3 Å². The van der Waals surface area contributed by atoms with Gasteiger partial charge in [-0.3, -0.25) is 9.78 Å². The van der Waals surface area contributed by atoms with Gasteiger partial charge in [-0.15, -0.1) is 5.10 Å². The molecule has 1 aliphatic rings. The van der Waals surface area contributed by atoms with Crippen LogP contribution in [0.5, 0.6) is 0 Å². The first-order valence-electron chi connectivity index (χ1n) is 7.53. The predicted molar refractivity (Wildman–Crippen MR) is 78.0 cm³/mol. The van der Waals surface area contributed by atoms with E-state index in [0.717, 1.165) is 16.9 Å². The second-order valence-corrected chi connectivity index (χ2v) is 5.75. The number of amides is 1. The first kappa shape index (κ1) is 16.4. The molecule has 1 amide bonds. The molecule has 0 fully saturated rings. The van der Waals surface area contributed by atoms with Gasteiger partial charge >= 0.3 is 6.18 Å². The fourth-order valence-corrected chi connectivity index (χ4v) is 3.04. The Kier molecular flexibility index (Phi) is 4.25. The molecule has 0 aromatic carbocycles. The van der Waals surface area contributed by atoms with Gasteiger partial charge in [-0.05, 0) is 30.9 Å². The van der Waals surface area contributed by atoms with Crippen LogP contribution >= 0.6 is 0 Å². The van der Waals surface area contributed by atoms with Gasteiger partial charge in [0.25, 0.3) is 5.91 Å². The first-order chi connectivity index (χ1) is 11.4. The van der Waals surface area contributed by atoms with Gasteiger partial charge in [0, 0.05) is 13.2 Å². The summed E-state index contributed by atoms with van der Waals surface area (Å²) in [5.74, 6) is -0.747. The van der Waals surface area contributed by atoms with Crippen LogP contribution in [0.4, 0.5) is 13.2 Å². The summed E-state index contributed by atoms with van der Waals surface area (Å²) in [5.41, 5.74) is 1.44. The Hall–Kier alpha value is -2.45. The number of fused-ring (bicyclic) bond motifs is 1. The molecule has 0 N–H and O–H groups in total. The summed E-state index contributed by atoms with van der Waals surface area (Å²) >= 11 is 0. The molecule has 6 nitrogen and oxygen atoms in total. The number of aryl methyl sites for hydroxylation is 2. The number of halogens is 3. The summed E-state index contributed by atoms with van der Waals surface area (Å²) in [5, 5.41) is 7.21. The van der Waals surface area contributed by atoms with Crippen LogP contribution in [0, 0.1) is 0 Å². The maximum atomic E-state index is 13.1. The van der Waals surface area contributed by atoms with Gasteiger partial charge in [-0.25, -0.2) is 4.68 Å². The van der Waals surface area contributed by atoms with Crippen molar-refractivity contribution in [2.45, 2.75) is 31.5 Å². The Morgan fingerprint density at radius 3 is 2.92 bits per heavy atom. The minimum atomic E-state index is -4.51. The molecule has 9 heteroatoms. The number of hydrogen-bond donors (Lipinski definition) is 0. The number of carbonyl (C=O) groups excluding carboxylic acids is 1. The van der Waals surface area contributed by atoms with Crippen molar-refractivity contribution in [3.63, 3.8) is 0 Å². The zero-order valence-corrected chi connectivity index (χ0v) is 13.0. The molecule has 0 spiro atoms. The SMILES string of the molecule is Cn1nncc1C(=O)N(CC(F)(F)F)[C@@H]1CCCc2cccnc21. The van der Waals surface area contributed by atoms with E-state index in [2.05, 4.69) is 15.3 Å². The third-order valence-electron chi connectivity index (χ3n) is 4.09. The number of aromatic nitrogens is 4. The highest BCUT2D eigenvalue weighted by Crippen LogP contribution is 2.35. The summed E-state index contributed by atoms with van der Waals surface area (Å²) < 4.78 is 40.4. The topological polar surface area (TPSA) is 63.9 Å². The van der Waals surface area contributed by atoms with Crippen LogP contribution in [0.15, 0.2) is 24.5 Å². The molecule has 0 saturated carbocycles. The second kappa shape index (κ2) is 6.21. The van der Waals surface area contributed by atoms with Crippen molar-refractivity contribution in [1.29, 1.82) is 0 Å². The van der Waals surface area contributed by atoms with Gasteiger partial charge in [0.15, 0.2) is 0 Å². The molecule has 0 bridgehead atoms. The van der Waals surface area contributed by atoms with E-state index in [-0.39, 0.29) is 5.69 Å².